The van der Waals surface area contributed by atoms with Crippen LogP contribution in [0.3, 0.4) is 0 Å². The van der Waals surface area contributed by atoms with E-state index in [1.807, 2.05) is 32.0 Å². The molecule has 4 nitrogen and oxygen atoms in total. The summed E-state index contributed by atoms with van der Waals surface area (Å²) in [5.41, 5.74) is 0.649. The van der Waals surface area contributed by atoms with Crippen LogP contribution in [-0.2, 0) is 10.2 Å². The predicted octanol–water partition coefficient (Wildman–Crippen LogP) is 2.32. The van der Waals surface area contributed by atoms with Crippen molar-refractivity contribution in [1.29, 1.82) is 0 Å². The zero-order valence-corrected chi connectivity index (χ0v) is 10.6. The summed E-state index contributed by atoms with van der Waals surface area (Å²) in [6, 6.07) is 5.58. The fourth-order valence-corrected chi connectivity index (χ4v) is 1.66. The molecule has 0 saturated heterocycles. The molecule has 0 radical (unpaired) electrons. The van der Waals surface area contributed by atoms with Crippen LogP contribution in [0.25, 0.3) is 0 Å². The largest absolute Gasteiger partial charge is 0.497 e. The smallest absolute Gasteiger partial charge is 0.234 e. The van der Waals surface area contributed by atoms with Gasteiger partial charge in [0, 0.05) is 11.0 Å². The lowest BCUT2D eigenvalue weighted by atomic mass is 9.84. The Bertz CT molecular complexity index is 434. The maximum absolute atomic E-state index is 10.2. The number of benzene rings is 1. The molecule has 0 N–H and O–H groups in total. The number of carbonyl (C=O) groups excluding carboxylic acids is 1. The van der Waals surface area contributed by atoms with Crippen LogP contribution in [0.1, 0.15) is 19.4 Å². The lowest BCUT2D eigenvalue weighted by Crippen LogP contribution is -2.22. The van der Waals surface area contributed by atoms with Crippen molar-refractivity contribution in [2.24, 2.45) is 4.99 Å². The number of hydrogen-bond donors (Lipinski definition) is 0. The molecule has 0 aliphatic carbocycles. The van der Waals surface area contributed by atoms with Gasteiger partial charge in [-0.2, -0.15) is 0 Å². The standard InChI is InChI=1S/C13H17NO3/c1-13(2,8-14-9-15)11-7-10(16-3)5-6-12(11)17-4/h5-7H,8H2,1-4H3. The number of ether oxygens (including phenoxy) is 2. The molecule has 0 aliphatic rings. The van der Waals surface area contributed by atoms with E-state index in [4.69, 9.17) is 9.47 Å². The molecule has 1 aromatic carbocycles. The number of methoxy groups -OCH3 is 2. The molecular weight excluding hydrogens is 218 g/mol. The van der Waals surface area contributed by atoms with Crippen molar-refractivity contribution in [3.8, 4) is 11.5 Å². The Labute approximate surface area is 101 Å². The summed E-state index contributed by atoms with van der Waals surface area (Å²) in [5, 5.41) is 0. The summed E-state index contributed by atoms with van der Waals surface area (Å²) in [5.74, 6) is 1.51. The fraction of sp³-hybridized carbons (Fsp3) is 0.462. The predicted molar refractivity (Wildman–Crippen MR) is 65.6 cm³/mol. The molecule has 0 heterocycles. The Balaban J connectivity index is 3.20. The minimum Gasteiger partial charge on any atom is -0.497 e. The first-order chi connectivity index (χ1) is 8.05. The highest BCUT2D eigenvalue weighted by atomic mass is 16.5. The van der Waals surface area contributed by atoms with Gasteiger partial charge in [0.2, 0.25) is 6.08 Å². The SMILES string of the molecule is COc1ccc(OC)c(C(C)(C)CN=C=O)c1. The Morgan fingerprint density at radius 3 is 2.53 bits per heavy atom. The van der Waals surface area contributed by atoms with Crippen LogP contribution in [0, 0.1) is 0 Å². The molecule has 0 fully saturated rings. The van der Waals surface area contributed by atoms with Gasteiger partial charge in [-0.15, -0.1) is 0 Å². The van der Waals surface area contributed by atoms with Crippen molar-refractivity contribution in [2.75, 3.05) is 20.8 Å². The molecule has 1 aromatic rings. The molecule has 0 amide bonds. The van der Waals surface area contributed by atoms with E-state index < -0.39 is 0 Å². The topological polar surface area (TPSA) is 47.9 Å². The lowest BCUT2D eigenvalue weighted by Gasteiger charge is -2.25. The average Bonchev–Trinajstić information content (AvgIpc) is 2.35. The molecular formula is C13H17NO3. The molecule has 0 spiro atoms. The molecule has 0 unspecified atom stereocenters. The summed E-state index contributed by atoms with van der Waals surface area (Å²) in [7, 11) is 3.23. The third kappa shape index (κ3) is 3.08. The molecule has 0 aromatic heterocycles. The maximum Gasteiger partial charge on any atom is 0.234 e. The fourth-order valence-electron chi connectivity index (χ4n) is 1.66. The number of aliphatic imine (C=N–C) groups is 1. The van der Waals surface area contributed by atoms with Crippen molar-refractivity contribution in [3.63, 3.8) is 0 Å². The molecule has 92 valence electrons. The van der Waals surface area contributed by atoms with Crippen molar-refractivity contribution in [2.45, 2.75) is 19.3 Å². The van der Waals surface area contributed by atoms with Gasteiger partial charge in [-0.3, -0.25) is 0 Å². The second kappa shape index (κ2) is 5.51. The van der Waals surface area contributed by atoms with Gasteiger partial charge in [-0.1, -0.05) is 13.8 Å². The van der Waals surface area contributed by atoms with Crippen molar-refractivity contribution in [1.82, 2.24) is 0 Å². The number of nitrogens with zero attached hydrogens (tertiary/aromatic N) is 1. The monoisotopic (exact) mass is 235 g/mol. The Hall–Kier alpha value is -1.80. The zero-order valence-electron chi connectivity index (χ0n) is 10.6. The van der Waals surface area contributed by atoms with Gasteiger partial charge in [0.1, 0.15) is 11.5 Å². The summed E-state index contributed by atoms with van der Waals surface area (Å²) >= 11 is 0. The van der Waals surface area contributed by atoms with E-state index in [-0.39, 0.29) is 5.41 Å². The highest BCUT2D eigenvalue weighted by Crippen LogP contribution is 2.34. The van der Waals surface area contributed by atoms with Crippen LogP contribution in [0.15, 0.2) is 23.2 Å². The third-order valence-corrected chi connectivity index (χ3v) is 2.67. The Morgan fingerprint density at radius 1 is 1.29 bits per heavy atom. The second-order valence-electron chi connectivity index (χ2n) is 4.36. The quantitative estimate of drug-likeness (QED) is 0.581. The van der Waals surface area contributed by atoms with E-state index >= 15 is 0 Å². The Morgan fingerprint density at radius 2 is 2.00 bits per heavy atom. The molecule has 1 rings (SSSR count). The first kappa shape index (κ1) is 13.3. The van der Waals surface area contributed by atoms with Gasteiger partial charge in [-0.25, -0.2) is 9.79 Å². The van der Waals surface area contributed by atoms with Gasteiger partial charge in [0.05, 0.1) is 20.8 Å². The van der Waals surface area contributed by atoms with Gasteiger partial charge in [0.15, 0.2) is 0 Å². The van der Waals surface area contributed by atoms with Crippen LogP contribution in [-0.4, -0.2) is 26.8 Å². The number of isocyanates is 1. The van der Waals surface area contributed by atoms with Crippen LogP contribution >= 0.6 is 0 Å². The summed E-state index contributed by atoms with van der Waals surface area (Å²) < 4.78 is 10.5. The van der Waals surface area contributed by atoms with Gasteiger partial charge in [0.25, 0.3) is 0 Å². The van der Waals surface area contributed by atoms with E-state index in [0.29, 0.717) is 6.54 Å². The highest BCUT2D eigenvalue weighted by molar-refractivity contribution is 5.45. The van der Waals surface area contributed by atoms with E-state index in [9.17, 15) is 4.79 Å². The Kier molecular flexibility index (Phi) is 4.30. The first-order valence-corrected chi connectivity index (χ1v) is 5.31. The maximum atomic E-state index is 10.2. The molecule has 0 saturated carbocycles. The second-order valence-corrected chi connectivity index (χ2v) is 4.36. The third-order valence-electron chi connectivity index (χ3n) is 2.67. The molecule has 0 bridgehead atoms. The molecule has 4 heteroatoms. The molecule has 0 atom stereocenters. The van der Waals surface area contributed by atoms with E-state index in [2.05, 4.69) is 4.99 Å². The normalized spacial score (nSPS) is 10.6. The van der Waals surface area contributed by atoms with Gasteiger partial charge >= 0.3 is 0 Å². The van der Waals surface area contributed by atoms with Crippen LogP contribution in [0.5, 0.6) is 11.5 Å². The summed E-state index contributed by atoms with van der Waals surface area (Å²) in [6.07, 6.45) is 1.56. The minimum atomic E-state index is -0.308. The zero-order chi connectivity index (χ0) is 12.9. The first-order valence-electron chi connectivity index (χ1n) is 5.31. The lowest BCUT2D eigenvalue weighted by molar-refractivity contribution is 0.384. The van der Waals surface area contributed by atoms with Gasteiger partial charge < -0.3 is 9.47 Å². The average molecular weight is 235 g/mol. The molecule has 17 heavy (non-hydrogen) atoms. The van der Waals surface area contributed by atoms with Crippen LogP contribution in [0.4, 0.5) is 0 Å². The van der Waals surface area contributed by atoms with Gasteiger partial charge in [-0.05, 0) is 18.2 Å². The number of hydrogen-bond acceptors (Lipinski definition) is 4. The minimum absolute atomic E-state index is 0.308. The van der Waals surface area contributed by atoms with Crippen LogP contribution < -0.4 is 9.47 Å². The van der Waals surface area contributed by atoms with Crippen LogP contribution in [0.2, 0.25) is 0 Å². The number of rotatable bonds is 5. The summed E-state index contributed by atoms with van der Waals surface area (Å²) in [4.78, 5) is 13.9. The van der Waals surface area contributed by atoms with E-state index in [1.54, 1.807) is 20.3 Å². The highest BCUT2D eigenvalue weighted by Gasteiger charge is 2.25. The van der Waals surface area contributed by atoms with E-state index in [1.165, 1.54) is 0 Å². The van der Waals surface area contributed by atoms with Crippen molar-refractivity contribution >= 4 is 6.08 Å². The van der Waals surface area contributed by atoms with Crippen molar-refractivity contribution in [3.05, 3.63) is 23.8 Å². The van der Waals surface area contributed by atoms with Crippen molar-refractivity contribution < 1.29 is 14.3 Å². The molecule has 0 aliphatic heterocycles. The summed E-state index contributed by atoms with van der Waals surface area (Å²) in [6.45, 7) is 4.34. The van der Waals surface area contributed by atoms with E-state index in [0.717, 1.165) is 17.1 Å².